The van der Waals surface area contributed by atoms with Gasteiger partial charge in [0.2, 0.25) is 10.0 Å². The molecule has 1 aromatic heterocycles. The number of hydrogen-bond donors (Lipinski definition) is 1. The van der Waals surface area contributed by atoms with Gasteiger partial charge in [-0.3, -0.25) is 0 Å². The van der Waals surface area contributed by atoms with E-state index >= 15 is 0 Å². The minimum atomic E-state index is -3.64. The zero-order valence-electron chi connectivity index (χ0n) is 8.84. The van der Waals surface area contributed by atoms with Crippen LogP contribution in [0.1, 0.15) is 5.69 Å². The zero-order chi connectivity index (χ0) is 12.6. The van der Waals surface area contributed by atoms with E-state index in [0.29, 0.717) is 4.47 Å². The fraction of sp³-hybridized carbons (Fsp3) is 0.100. The molecular formula is C10H9ClN2O2S2. The van der Waals surface area contributed by atoms with Crippen molar-refractivity contribution in [3.8, 4) is 10.4 Å². The predicted octanol–water partition coefficient (Wildman–Crippen LogP) is 2.42. The molecule has 2 N–H and O–H groups in total. The highest BCUT2D eigenvalue weighted by molar-refractivity contribution is 7.89. The van der Waals surface area contributed by atoms with Gasteiger partial charge in [-0.15, -0.1) is 11.3 Å². The van der Waals surface area contributed by atoms with Gasteiger partial charge in [0.05, 0.1) is 15.5 Å². The molecule has 0 amide bonds. The van der Waals surface area contributed by atoms with Crippen LogP contribution in [-0.4, -0.2) is 13.4 Å². The third kappa shape index (κ3) is 2.66. The van der Waals surface area contributed by atoms with Crippen LogP contribution in [0.25, 0.3) is 10.4 Å². The number of thiazole rings is 1. The van der Waals surface area contributed by atoms with Crippen LogP contribution in [0.2, 0.25) is 4.47 Å². The first-order valence-electron chi connectivity index (χ1n) is 4.64. The SMILES string of the molecule is Cc1nc(Cl)sc1-c1ccc(S(N)(=O)=O)cc1. The summed E-state index contributed by atoms with van der Waals surface area (Å²) in [6.07, 6.45) is 0. The van der Waals surface area contributed by atoms with Crippen LogP contribution in [0.5, 0.6) is 0 Å². The predicted molar refractivity (Wildman–Crippen MR) is 68.7 cm³/mol. The molecule has 4 nitrogen and oxygen atoms in total. The molecule has 2 rings (SSSR count). The summed E-state index contributed by atoms with van der Waals surface area (Å²) in [4.78, 5) is 5.12. The lowest BCUT2D eigenvalue weighted by molar-refractivity contribution is 0.598. The number of halogens is 1. The fourth-order valence-corrected chi connectivity index (χ4v) is 3.10. The van der Waals surface area contributed by atoms with E-state index in [1.807, 2.05) is 6.92 Å². The van der Waals surface area contributed by atoms with Crippen LogP contribution in [0.15, 0.2) is 29.2 Å². The van der Waals surface area contributed by atoms with Crippen molar-refractivity contribution >= 4 is 33.0 Å². The maximum atomic E-state index is 11.1. The summed E-state index contributed by atoms with van der Waals surface area (Å²) in [5.74, 6) is 0. The van der Waals surface area contributed by atoms with Gasteiger partial charge in [-0.05, 0) is 24.6 Å². The van der Waals surface area contributed by atoms with E-state index in [9.17, 15) is 8.42 Å². The number of sulfonamides is 1. The highest BCUT2D eigenvalue weighted by atomic mass is 35.5. The minimum absolute atomic E-state index is 0.0921. The average molecular weight is 289 g/mol. The molecule has 0 aliphatic heterocycles. The Morgan fingerprint density at radius 2 is 1.88 bits per heavy atom. The van der Waals surface area contributed by atoms with Gasteiger partial charge in [-0.2, -0.15) is 0 Å². The van der Waals surface area contributed by atoms with E-state index in [0.717, 1.165) is 16.1 Å². The van der Waals surface area contributed by atoms with Crippen LogP contribution in [0.4, 0.5) is 0 Å². The van der Waals surface area contributed by atoms with Gasteiger partial charge in [-0.25, -0.2) is 18.5 Å². The molecule has 0 radical (unpaired) electrons. The van der Waals surface area contributed by atoms with Crippen molar-refractivity contribution in [3.05, 3.63) is 34.4 Å². The topological polar surface area (TPSA) is 73.0 Å². The monoisotopic (exact) mass is 288 g/mol. The first-order valence-corrected chi connectivity index (χ1v) is 7.38. The van der Waals surface area contributed by atoms with E-state index in [1.165, 1.54) is 23.5 Å². The third-order valence-electron chi connectivity index (χ3n) is 2.22. The summed E-state index contributed by atoms with van der Waals surface area (Å²) < 4.78 is 22.7. The summed E-state index contributed by atoms with van der Waals surface area (Å²) in [5.41, 5.74) is 1.70. The Morgan fingerprint density at radius 3 is 2.29 bits per heavy atom. The number of aryl methyl sites for hydroxylation is 1. The van der Waals surface area contributed by atoms with Gasteiger partial charge in [0.15, 0.2) is 4.47 Å². The van der Waals surface area contributed by atoms with E-state index in [4.69, 9.17) is 16.7 Å². The average Bonchev–Trinajstić information content (AvgIpc) is 2.57. The molecule has 17 heavy (non-hydrogen) atoms. The van der Waals surface area contributed by atoms with Gasteiger partial charge in [0.25, 0.3) is 0 Å². The molecule has 7 heteroatoms. The number of rotatable bonds is 2. The van der Waals surface area contributed by atoms with E-state index < -0.39 is 10.0 Å². The molecule has 1 heterocycles. The van der Waals surface area contributed by atoms with Gasteiger partial charge in [0.1, 0.15) is 0 Å². The maximum Gasteiger partial charge on any atom is 0.238 e. The standard InChI is InChI=1S/C10H9ClN2O2S2/c1-6-9(16-10(11)13-6)7-2-4-8(5-3-7)17(12,14)15/h2-5H,1H3,(H2,12,14,15). The number of primary sulfonamides is 1. The molecule has 1 aromatic carbocycles. The van der Waals surface area contributed by atoms with Crippen molar-refractivity contribution in [2.45, 2.75) is 11.8 Å². The van der Waals surface area contributed by atoms with Crippen LogP contribution < -0.4 is 5.14 Å². The lowest BCUT2D eigenvalue weighted by Gasteiger charge is -2.01. The number of hydrogen-bond acceptors (Lipinski definition) is 4. The van der Waals surface area contributed by atoms with Crippen LogP contribution in [0.3, 0.4) is 0 Å². The second-order valence-electron chi connectivity index (χ2n) is 3.45. The molecule has 0 unspecified atom stereocenters. The van der Waals surface area contributed by atoms with Crippen molar-refractivity contribution < 1.29 is 8.42 Å². The van der Waals surface area contributed by atoms with E-state index in [1.54, 1.807) is 12.1 Å². The van der Waals surface area contributed by atoms with Gasteiger partial charge in [0, 0.05) is 0 Å². The number of nitrogens with zero attached hydrogens (tertiary/aromatic N) is 1. The van der Waals surface area contributed by atoms with Gasteiger partial charge in [-0.1, -0.05) is 23.7 Å². The second kappa shape index (κ2) is 4.38. The molecule has 0 saturated carbocycles. The Morgan fingerprint density at radius 1 is 1.29 bits per heavy atom. The molecule has 0 spiro atoms. The maximum absolute atomic E-state index is 11.1. The molecule has 0 bridgehead atoms. The highest BCUT2D eigenvalue weighted by Crippen LogP contribution is 2.32. The third-order valence-corrected chi connectivity index (χ3v) is 4.46. The molecule has 0 atom stereocenters. The Balaban J connectivity index is 2.46. The Kier molecular flexibility index (Phi) is 3.22. The Hall–Kier alpha value is -0.950. The highest BCUT2D eigenvalue weighted by Gasteiger charge is 2.11. The largest absolute Gasteiger partial charge is 0.238 e. The summed E-state index contributed by atoms with van der Waals surface area (Å²) in [5, 5.41) is 5.02. The van der Waals surface area contributed by atoms with Crippen molar-refractivity contribution in [3.63, 3.8) is 0 Å². The minimum Gasteiger partial charge on any atom is -0.230 e. The lowest BCUT2D eigenvalue weighted by atomic mass is 10.2. The first kappa shape index (κ1) is 12.5. The smallest absolute Gasteiger partial charge is 0.230 e. The summed E-state index contributed by atoms with van der Waals surface area (Å²) >= 11 is 7.17. The van der Waals surface area contributed by atoms with Gasteiger partial charge >= 0.3 is 0 Å². The summed E-state index contributed by atoms with van der Waals surface area (Å²) in [6.45, 7) is 1.85. The van der Waals surface area contributed by atoms with Crippen molar-refractivity contribution in [2.24, 2.45) is 5.14 Å². The van der Waals surface area contributed by atoms with Crippen molar-refractivity contribution in [2.75, 3.05) is 0 Å². The van der Waals surface area contributed by atoms with Crippen LogP contribution in [0, 0.1) is 6.92 Å². The van der Waals surface area contributed by atoms with Crippen molar-refractivity contribution in [1.82, 2.24) is 4.98 Å². The number of aromatic nitrogens is 1. The summed E-state index contributed by atoms with van der Waals surface area (Å²) in [7, 11) is -3.64. The molecule has 0 fully saturated rings. The molecule has 0 aliphatic rings. The summed E-state index contributed by atoms with van der Waals surface area (Å²) in [6, 6.07) is 6.32. The molecule has 0 saturated heterocycles. The van der Waals surface area contributed by atoms with E-state index in [2.05, 4.69) is 4.98 Å². The molecule has 90 valence electrons. The van der Waals surface area contributed by atoms with Gasteiger partial charge < -0.3 is 0 Å². The van der Waals surface area contributed by atoms with Crippen molar-refractivity contribution in [1.29, 1.82) is 0 Å². The molecule has 2 aromatic rings. The Bertz CT molecular complexity index is 647. The fourth-order valence-electron chi connectivity index (χ4n) is 1.43. The van der Waals surface area contributed by atoms with E-state index in [-0.39, 0.29) is 4.90 Å². The van der Waals surface area contributed by atoms with Crippen LogP contribution in [-0.2, 0) is 10.0 Å². The molecular weight excluding hydrogens is 280 g/mol. The zero-order valence-corrected chi connectivity index (χ0v) is 11.2. The second-order valence-corrected chi connectivity index (χ2v) is 6.59. The number of benzene rings is 1. The van der Waals surface area contributed by atoms with Crippen LogP contribution >= 0.6 is 22.9 Å². The number of nitrogens with two attached hydrogens (primary N) is 1. The molecule has 0 aliphatic carbocycles. The Labute approximate surface area is 108 Å². The first-order chi connectivity index (χ1) is 7.88. The quantitative estimate of drug-likeness (QED) is 0.922. The lowest BCUT2D eigenvalue weighted by Crippen LogP contribution is -2.11. The normalized spacial score (nSPS) is 11.7.